The average molecular weight is 506 g/mol. The summed E-state index contributed by atoms with van der Waals surface area (Å²) in [5, 5.41) is 0.145. The minimum atomic E-state index is -3.41. The van der Waals surface area contributed by atoms with E-state index < -0.39 is 52.5 Å². The predicted molar refractivity (Wildman–Crippen MR) is 120 cm³/mol. The van der Waals surface area contributed by atoms with Crippen molar-refractivity contribution < 1.29 is 39.9 Å². The molecule has 0 N–H and O–H groups in total. The highest BCUT2D eigenvalue weighted by molar-refractivity contribution is 6.20. The van der Waals surface area contributed by atoms with E-state index in [2.05, 4.69) is 4.74 Å². The van der Waals surface area contributed by atoms with Gasteiger partial charge in [-0.2, -0.15) is 0 Å². The Bertz CT molecular complexity index is 1600. The van der Waals surface area contributed by atoms with Gasteiger partial charge in [0.1, 0.15) is 11.6 Å². The van der Waals surface area contributed by atoms with Crippen molar-refractivity contribution in [3.63, 3.8) is 0 Å². The largest absolute Gasteiger partial charge is 0.343 e. The Morgan fingerprint density at radius 2 is 1.33 bits per heavy atom. The number of ether oxygens (including phenoxy) is 1. The summed E-state index contributed by atoms with van der Waals surface area (Å²) >= 11 is 0. The summed E-state index contributed by atoms with van der Waals surface area (Å²) in [7, 11) is 0.741. The molecule has 0 radical (unpaired) electrons. The number of fused-ring (bicyclic) bond motifs is 2. The first-order valence-corrected chi connectivity index (χ1v) is 10.5. The minimum Gasteiger partial charge on any atom is -0.343 e. The van der Waals surface area contributed by atoms with Crippen molar-refractivity contribution in [1.29, 1.82) is 0 Å². The lowest BCUT2D eigenvalue weighted by atomic mass is 9.83. The van der Waals surface area contributed by atoms with Gasteiger partial charge in [-0.15, -0.1) is 0 Å². The van der Waals surface area contributed by atoms with Crippen molar-refractivity contribution in [3.05, 3.63) is 101 Å². The molecular weight excluding hydrogens is 492 g/mol. The maximum Gasteiger partial charge on any atom is 0.269 e. The van der Waals surface area contributed by atoms with Crippen LogP contribution in [-0.2, 0) is 4.74 Å². The molecule has 0 saturated carbocycles. The van der Waals surface area contributed by atoms with Crippen molar-refractivity contribution in [2.45, 2.75) is 12.0 Å². The van der Waals surface area contributed by atoms with Gasteiger partial charge in [0, 0.05) is 18.7 Å². The molecule has 2 unspecified atom stereocenters. The van der Waals surface area contributed by atoms with E-state index in [0.29, 0.717) is 0 Å². The molecule has 1 aliphatic carbocycles. The summed E-state index contributed by atoms with van der Waals surface area (Å²) in [6.07, 6.45) is -2.88. The van der Waals surface area contributed by atoms with Gasteiger partial charge in [-0.1, -0.05) is 30.3 Å². The normalized spacial score (nSPS) is 20.4. The third-order valence-electron chi connectivity index (χ3n) is 6.19. The zero-order chi connectivity index (χ0) is 25.9. The Morgan fingerprint density at radius 3 is 1.94 bits per heavy atom. The van der Waals surface area contributed by atoms with Crippen molar-refractivity contribution in [1.82, 2.24) is 0 Å². The molecule has 4 aromatic carbocycles. The fraction of sp³-hybridized carbons (Fsp3) is 0.111. The first-order chi connectivity index (χ1) is 17.1. The van der Waals surface area contributed by atoms with Gasteiger partial charge in [0.15, 0.2) is 23.3 Å². The fourth-order valence-corrected chi connectivity index (χ4v) is 4.56. The quantitative estimate of drug-likeness (QED) is 0.154. The molecule has 9 heteroatoms. The lowest BCUT2D eigenvalue weighted by Crippen LogP contribution is -2.38. The van der Waals surface area contributed by atoms with Gasteiger partial charge in [-0.3, -0.25) is 0 Å². The lowest BCUT2D eigenvalue weighted by molar-refractivity contribution is -0.126. The van der Waals surface area contributed by atoms with E-state index in [1.807, 2.05) is 0 Å². The van der Waals surface area contributed by atoms with E-state index in [1.54, 1.807) is 0 Å². The van der Waals surface area contributed by atoms with Crippen molar-refractivity contribution in [2.75, 3.05) is 7.11 Å². The number of hydrogen-bond acceptors (Lipinski definition) is 1. The van der Waals surface area contributed by atoms with Crippen LogP contribution in [0, 0.1) is 23.3 Å². The number of allylic oxidation sites excluding steroid dienone is 2. The van der Waals surface area contributed by atoms with Crippen LogP contribution in [0.4, 0.5) is 35.1 Å². The Labute approximate surface area is 198 Å². The van der Waals surface area contributed by atoms with Gasteiger partial charge in [0.25, 0.3) is 5.85 Å². The van der Waals surface area contributed by atoms with Gasteiger partial charge >= 0.3 is 0 Å². The Morgan fingerprint density at radius 1 is 0.750 bits per heavy atom. The molecule has 1 aliphatic rings. The predicted octanol–water partition coefficient (Wildman–Crippen LogP) is 8.41. The second-order valence-electron chi connectivity index (χ2n) is 8.22. The molecule has 5 rings (SSSR count). The van der Waals surface area contributed by atoms with Gasteiger partial charge in [0.05, 0.1) is 5.57 Å². The molecule has 0 amide bonds. The van der Waals surface area contributed by atoms with E-state index in [4.69, 9.17) is 0 Å². The van der Waals surface area contributed by atoms with Crippen LogP contribution in [0.3, 0.4) is 0 Å². The van der Waals surface area contributed by atoms with Crippen molar-refractivity contribution >= 4 is 27.1 Å². The van der Waals surface area contributed by atoms with Crippen LogP contribution in [-0.4, -0.2) is 19.1 Å². The molecule has 4 aromatic rings. The van der Waals surface area contributed by atoms with Gasteiger partial charge < -0.3 is 4.74 Å². The summed E-state index contributed by atoms with van der Waals surface area (Å²) in [4.78, 5) is 0. The summed E-state index contributed by atoms with van der Waals surface area (Å²) in [6.45, 7) is 0. The second kappa shape index (κ2) is 8.44. The Hall–Kier alpha value is -3.72. The van der Waals surface area contributed by atoms with Crippen LogP contribution in [0.5, 0.6) is 0 Å². The van der Waals surface area contributed by atoms with E-state index in [-0.39, 0.29) is 44.3 Å². The van der Waals surface area contributed by atoms with Crippen molar-refractivity contribution in [2.24, 2.45) is 0 Å². The minimum absolute atomic E-state index is 0.0421. The van der Waals surface area contributed by atoms with Crippen LogP contribution in [0.1, 0.15) is 5.56 Å². The molecule has 1 nitrogen and oxygen atoms in total. The summed E-state index contributed by atoms with van der Waals surface area (Å²) in [5.41, 5.74) is -1.29. The molecule has 0 fully saturated rings. The number of halogens is 8. The number of hydrogen-bond donors (Lipinski definition) is 0. The van der Waals surface area contributed by atoms with E-state index in [0.717, 1.165) is 31.4 Å². The first-order valence-electron chi connectivity index (χ1n) is 10.5. The van der Waals surface area contributed by atoms with Gasteiger partial charge in [-0.05, 0) is 56.9 Å². The number of methoxy groups -OCH3 is 1. The third kappa shape index (κ3) is 3.49. The summed E-state index contributed by atoms with van der Waals surface area (Å²) < 4.78 is 120. The highest BCUT2D eigenvalue weighted by Crippen LogP contribution is 2.49. The molecule has 2 atom stereocenters. The zero-order valence-electron chi connectivity index (χ0n) is 18.3. The summed E-state index contributed by atoms with van der Waals surface area (Å²) in [5.74, 6) is -12.2. The van der Waals surface area contributed by atoms with E-state index in [1.165, 1.54) is 30.3 Å². The molecule has 0 heterocycles. The van der Waals surface area contributed by atoms with Crippen LogP contribution < -0.4 is 0 Å². The molecule has 184 valence electrons. The number of benzene rings is 4. The standard InChI is InChI=1S/C27H14F8O/c1-36-27(35)11-20(31)23(25(33)26(27)34)22-15-5-3-2-4-14(15)21(16-7-6-13(28)10-17(16)22)12-8-18(29)24(32)19(30)9-12/h2-11,26H,1H3. The monoisotopic (exact) mass is 506 g/mol. The maximum atomic E-state index is 15.3. The molecule has 0 aromatic heterocycles. The van der Waals surface area contributed by atoms with Crippen molar-refractivity contribution in [3.8, 4) is 11.1 Å². The van der Waals surface area contributed by atoms with Crippen LogP contribution in [0.25, 0.3) is 38.2 Å². The highest BCUT2D eigenvalue weighted by Gasteiger charge is 2.47. The van der Waals surface area contributed by atoms with Crippen LogP contribution in [0.15, 0.2) is 72.3 Å². The number of rotatable bonds is 3. The highest BCUT2D eigenvalue weighted by atomic mass is 19.2. The Balaban J connectivity index is 1.96. The number of alkyl halides is 2. The second-order valence-corrected chi connectivity index (χ2v) is 8.22. The third-order valence-corrected chi connectivity index (χ3v) is 6.19. The molecular formula is C27H14F8O. The average Bonchev–Trinajstić information content (AvgIpc) is 2.85. The van der Waals surface area contributed by atoms with Gasteiger partial charge in [0.2, 0.25) is 6.17 Å². The molecule has 36 heavy (non-hydrogen) atoms. The molecule has 0 spiro atoms. The maximum absolute atomic E-state index is 15.3. The first kappa shape index (κ1) is 24.0. The zero-order valence-corrected chi connectivity index (χ0v) is 18.3. The summed E-state index contributed by atoms with van der Waals surface area (Å²) in [6, 6.07) is 10.4. The topological polar surface area (TPSA) is 9.23 Å². The lowest BCUT2D eigenvalue weighted by Gasteiger charge is -2.29. The SMILES string of the molecule is COC1(F)C=C(F)C(c2c3ccccc3c(-c3cc(F)c(F)c(F)c3)c3ccc(F)cc23)=C(F)C1F. The van der Waals surface area contributed by atoms with E-state index >= 15 is 8.78 Å². The van der Waals surface area contributed by atoms with E-state index in [9.17, 15) is 26.3 Å². The Kier molecular flexibility index (Phi) is 5.63. The molecule has 0 bridgehead atoms. The smallest absolute Gasteiger partial charge is 0.269 e. The van der Waals surface area contributed by atoms with Crippen LogP contribution >= 0.6 is 0 Å². The molecule has 0 aliphatic heterocycles. The van der Waals surface area contributed by atoms with Crippen LogP contribution in [0.2, 0.25) is 0 Å². The molecule has 0 saturated heterocycles. The fourth-order valence-electron chi connectivity index (χ4n) is 4.56. The van der Waals surface area contributed by atoms with Gasteiger partial charge in [-0.25, -0.2) is 35.1 Å².